The average molecular weight is 347 g/mol. The number of ether oxygens (including phenoxy) is 1. The van der Waals surface area contributed by atoms with Crippen molar-refractivity contribution in [2.24, 2.45) is 0 Å². The van der Waals surface area contributed by atoms with E-state index in [1.165, 1.54) is 0 Å². The number of hydrogen-bond acceptors (Lipinski definition) is 6. The molecular formula is C19H17N5O2. The maximum Gasteiger partial charge on any atom is 0.280 e. The van der Waals surface area contributed by atoms with Gasteiger partial charge in [0.2, 0.25) is 5.95 Å². The predicted octanol–water partition coefficient (Wildman–Crippen LogP) is 3.05. The first kappa shape index (κ1) is 16.0. The second-order valence-electron chi connectivity index (χ2n) is 5.94. The van der Waals surface area contributed by atoms with Crippen LogP contribution in [-0.2, 0) is 0 Å². The number of aromatic amines is 1. The second kappa shape index (κ2) is 6.44. The molecule has 0 aliphatic heterocycles. The normalized spacial score (nSPS) is 12.2. The van der Waals surface area contributed by atoms with E-state index >= 15 is 0 Å². The summed E-state index contributed by atoms with van der Waals surface area (Å²) in [6.45, 7) is 2.00. The van der Waals surface area contributed by atoms with Crippen LogP contribution in [0, 0.1) is 0 Å². The minimum absolute atomic E-state index is 0.0190. The van der Waals surface area contributed by atoms with Gasteiger partial charge >= 0.3 is 0 Å². The topological polar surface area (TPSA) is 92.8 Å². The summed E-state index contributed by atoms with van der Waals surface area (Å²) < 4.78 is 5.19. The van der Waals surface area contributed by atoms with Crippen molar-refractivity contribution in [1.29, 1.82) is 0 Å². The van der Waals surface area contributed by atoms with Gasteiger partial charge in [0.25, 0.3) is 5.56 Å². The van der Waals surface area contributed by atoms with Crippen LogP contribution in [0.5, 0.6) is 5.75 Å². The first-order valence-electron chi connectivity index (χ1n) is 8.21. The highest BCUT2D eigenvalue weighted by atomic mass is 16.5. The van der Waals surface area contributed by atoms with Crippen molar-refractivity contribution in [3.8, 4) is 5.75 Å². The highest BCUT2D eigenvalue weighted by Crippen LogP contribution is 2.20. The maximum absolute atomic E-state index is 12.4. The van der Waals surface area contributed by atoms with E-state index in [1.54, 1.807) is 25.3 Å². The molecule has 2 aromatic heterocycles. The highest BCUT2D eigenvalue weighted by Gasteiger charge is 2.12. The molecule has 1 atom stereocenters. The fourth-order valence-electron chi connectivity index (χ4n) is 2.78. The molecule has 0 saturated heterocycles. The van der Waals surface area contributed by atoms with Crippen molar-refractivity contribution < 1.29 is 4.74 Å². The van der Waals surface area contributed by atoms with Crippen LogP contribution in [0.25, 0.3) is 22.2 Å². The summed E-state index contributed by atoms with van der Waals surface area (Å²) in [6.07, 6.45) is 0. The summed E-state index contributed by atoms with van der Waals surface area (Å²) in [5.74, 6) is 1.02. The monoisotopic (exact) mass is 347 g/mol. The van der Waals surface area contributed by atoms with Crippen LogP contribution in [-0.4, -0.2) is 27.0 Å². The van der Waals surface area contributed by atoms with E-state index in [1.807, 2.05) is 37.3 Å². The van der Waals surface area contributed by atoms with Crippen molar-refractivity contribution in [2.45, 2.75) is 13.0 Å². The molecule has 0 spiro atoms. The summed E-state index contributed by atoms with van der Waals surface area (Å²) >= 11 is 0. The third-order valence-electron chi connectivity index (χ3n) is 4.17. The molecule has 0 fully saturated rings. The lowest BCUT2D eigenvalue weighted by atomic mass is 10.1. The number of hydrogen-bond donors (Lipinski definition) is 2. The molecule has 2 aromatic carbocycles. The lowest BCUT2D eigenvalue weighted by Gasteiger charge is -2.14. The summed E-state index contributed by atoms with van der Waals surface area (Å²) in [6, 6.07) is 15.2. The standard InChI is InChI=1S/C19H17N5O2/c1-11(12-6-4-3-5-7-12)20-19-23-17-16(18(25)24-19)21-15-10-13(26-2)8-9-14(15)22-17/h3-11H,1-2H3,(H2,20,22,23,24,25). The Bertz CT molecular complexity index is 1140. The number of anilines is 1. The lowest BCUT2D eigenvalue weighted by Crippen LogP contribution is -2.17. The van der Waals surface area contributed by atoms with E-state index in [0.717, 1.165) is 5.56 Å². The van der Waals surface area contributed by atoms with Crippen molar-refractivity contribution in [3.63, 3.8) is 0 Å². The van der Waals surface area contributed by atoms with Gasteiger partial charge in [0.15, 0.2) is 11.2 Å². The molecule has 4 rings (SSSR count). The molecule has 7 nitrogen and oxygen atoms in total. The molecule has 0 aliphatic carbocycles. The van der Waals surface area contributed by atoms with Gasteiger partial charge in [-0.3, -0.25) is 9.78 Å². The van der Waals surface area contributed by atoms with Gasteiger partial charge in [0.1, 0.15) is 5.75 Å². The van der Waals surface area contributed by atoms with Crippen LogP contribution < -0.4 is 15.6 Å². The van der Waals surface area contributed by atoms with Crippen molar-refractivity contribution >= 4 is 28.1 Å². The van der Waals surface area contributed by atoms with Crippen LogP contribution in [0.4, 0.5) is 5.95 Å². The molecule has 1 unspecified atom stereocenters. The van der Waals surface area contributed by atoms with Crippen LogP contribution in [0.2, 0.25) is 0 Å². The molecule has 0 amide bonds. The van der Waals surface area contributed by atoms with Gasteiger partial charge in [-0.15, -0.1) is 0 Å². The number of nitrogens with one attached hydrogen (secondary N) is 2. The maximum atomic E-state index is 12.4. The molecule has 0 aliphatic rings. The van der Waals surface area contributed by atoms with Crippen molar-refractivity contribution in [1.82, 2.24) is 19.9 Å². The summed E-state index contributed by atoms with van der Waals surface area (Å²) in [7, 11) is 1.58. The molecule has 4 aromatic rings. The first-order chi connectivity index (χ1) is 12.6. The first-order valence-corrected chi connectivity index (χ1v) is 8.21. The fourth-order valence-corrected chi connectivity index (χ4v) is 2.78. The number of methoxy groups -OCH3 is 1. The third kappa shape index (κ3) is 2.95. The predicted molar refractivity (Wildman–Crippen MR) is 100 cm³/mol. The molecule has 0 bridgehead atoms. The molecule has 0 saturated carbocycles. The molecule has 0 radical (unpaired) electrons. The summed E-state index contributed by atoms with van der Waals surface area (Å²) in [5, 5.41) is 3.20. The number of H-pyrrole nitrogens is 1. The van der Waals surface area contributed by atoms with Gasteiger partial charge in [-0.05, 0) is 24.6 Å². The number of aromatic nitrogens is 4. The summed E-state index contributed by atoms with van der Waals surface area (Å²) in [4.78, 5) is 28.5. The molecule has 130 valence electrons. The smallest absolute Gasteiger partial charge is 0.280 e. The molecule has 2 N–H and O–H groups in total. The minimum Gasteiger partial charge on any atom is -0.497 e. The second-order valence-corrected chi connectivity index (χ2v) is 5.94. The van der Waals surface area contributed by atoms with Crippen LogP contribution >= 0.6 is 0 Å². The quantitative estimate of drug-likeness (QED) is 0.551. The molecule has 7 heteroatoms. The van der Waals surface area contributed by atoms with Crippen LogP contribution in [0.1, 0.15) is 18.5 Å². The Morgan fingerprint density at radius 3 is 2.62 bits per heavy atom. The van der Waals surface area contributed by atoms with Gasteiger partial charge < -0.3 is 10.1 Å². The molecular weight excluding hydrogens is 330 g/mol. The fraction of sp³-hybridized carbons (Fsp3) is 0.158. The summed E-state index contributed by atoms with van der Waals surface area (Å²) in [5.41, 5.74) is 2.49. The van der Waals surface area contributed by atoms with E-state index in [4.69, 9.17) is 4.74 Å². The largest absolute Gasteiger partial charge is 0.497 e. The Hall–Kier alpha value is -3.48. The van der Waals surface area contributed by atoms with Gasteiger partial charge in [-0.2, -0.15) is 4.98 Å². The highest BCUT2D eigenvalue weighted by molar-refractivity contribution is 5.85. The van der Waals surface area contributed by atoms with Crippen LogP contribution in [0.15, 0.2) is 53.3 Å². The number of benzene rings is 2. The Morgan fingerprint density at radius 1 is 1.04 bits per heavy atom. The zero-order valence-electron chi connectivity index (χ0n) is 14.4. The van der Waals surface area contributed by atoms with Gasteiger partial charge in [-0.25, -0.2) is 9.97 Å². The zero-order valence-corrected chi connectivity index (χ0v) is 14.4. The van der Waals surface area contributed by atoms with Crippen molar-refractivity contribution in [2.75, 3.05) is 12.4 Å². The number of rotatable bonds is 4. The average Bonchev–Trinajstić information content (AvgIpc) is 2.67. The lowest BCUT2D eigenvalue weighted by molar-refractivity contribution is 0.415. The number of fused-ring (bicyclic) bond motifs is 2. The minimum atomic E-state index is -0.338. The third-order valence-corrected chi connectivity index (χ3v) is 4.17. The van der Waals surface area contributed by atoms with Gasteiger partial charge in [0, 0.05) is 6.07 Å². The molecule has 26 heavy (non-hydrogen) atoms. The van der Waals surface area contributed by atoms with E-state index < -0.39 is 0 Å². The van der Waals surface area contributed by atoms with Gasteiger partial charge in [0.05, 0.1) is 24.2 Å². The van der Waals surface area contributed by atoms with E-state index in [9.17, 15) is 4.79 Å². The Balaban J connectivity index is 1.76. The Labute approximate surface area is 149 Å². The molecule has 2 heterocycles. The van der Waals surface area contributed by atoms with Crippen molar-refractivity contribution in [3.05, 3.63) is 64.4 Å². The van der Waals surface area contributed by atoms with E-state index in [2.05, 4.69) is 25.3 Å². The zero-order chi connectivity index (χ0) is 18.1. The Kier molecular flexibility index (Phi) is 3.96. The SMILES string of the molecule is COc1ccc2nc3nc(NC(C)c4ccccc4)[nH]c(=O)c3nc2c1. The Morgan fingerprint density at radius 2 is 1.85 bits per heavy atom. The van der Waals surface area contributed by atoms with E-state index in [-0.39, 0.29) is 17.1 Å². The van der Waals surface area contributed by atoms with E-state index in [0.29, 0.717) is 28.4 Å². The number of nitrogens with zero attached hydrogens (tertiary/aromatic N) is 3. The van der Waals surface area contributed by atoms with Gasteiger partial charge in [-0.1, -0.05) is 30.3 Å². The van der Waals surface area contributed by atoms with Crippen LogP contribution in [0.3, 0.4) is 0 Å².